The van der Waals surface area contributed by atoms with E-state index in [0.29, 0.717) is 36.5 Å². The van der Waals surface area contributed by atoms with Crippen LogP contribution < -0.4 is 10.6 Å². The number of nitrogens with one attached hydrogen (secondary N) is 3. The van der Waals surface area contributed by atoms with E-state index in [1.807, 2.05) is 41.0 Å². The van der Waals surface area contributed by atoms with Crippen molar-refractivity contribution in [1.82, 2.24) is 30.5 Å². The molecule has 48 heavy (non-hydrogen) atoms. The standard InChI is InChI=1S/C37H50N8O3/c1-25-21-26(23-33-35(25)41-42-40-33)22-30(36(47)45(2)19-12-28(13-20-45)27-7-14-38-15-8-27)24-34(46)43-16-10-31(11-17-43)44-18-9-29-5-3-4-6-32(29)39-37(44)48/h3-6,21,23,27-28,30-31,38H,7-20,22,24H2,1-2H3,(H-,39,40,41,42,48)/p+1. The average molecular weight is 656 g/mol. The molecule has 4 amide bonds. The fourth-order valence-electron chi connectivity index (χ4n) is 8.95. The van der Waals surface area contributed by atoms with Crippen LogP contribution in [0.1, 0.15) is 61.6 Å². The Labute approximate surface area is 283 Å². The molecule has 5 heterocycles. The van der Waals surface area contributed by atoms with Gasteiger partial charge < -0.3 is 20.4 Å². The second-order valence-corrected chi connectivity index (χ2v) is 15.0. The number of aryl methyl sites for hydroxylation is 1. The van der Waals surface area contributed by atoms with Crippen molar-refractivity contribution >= 4 is 34.6 Å². The number of aromatic nitrogens is 3. The molecule has 3 N–H and O–H groups in total. The van der Waals surface area contributed by atoms with E-state index in [-0.39, 0.29) is 30.3 Å². The SMILES string of the molecule is Cc1cc(CC(CC(=O)N2CCC(N3CCc4ccccc4NC3=O)CC2)C(=O)[N+]2(C)CCC(C3CCNCC3)CC2)cc2n[nH]nc12. The van der Waals surface area contributed by atoms with Crippen molar-refractivity contribution in [3.63, 3.8) is 0 Å². The number of aromatic amines is 1. The van der Waals surface area contributed by atoms with E-state index in [9.17, 15) is 14.4 Å². The van der Waals surface area contributed by atoms with Crippen LogP contribution in [0.25, 0.3) is 11.0 Å². The number of hydrogen-bond donors (Lipinski definition) is 3. The molecule has 2 aromatic carbocycles. The summed E-state index contributed by atoms with van der Waals surface area (Å²) in [7, 11) is 2.10. The maximum absolute atomic E-state index is 14.6. The lowest BCUT2D eigenvalue weighted by atomic mass is 9.78. The molecule has 0 saturated carbocycles. The van der Waals surface area contributed by atoms with Gasteiger partial charge in [0.15, 0.2) is 0 Å². The molecule has 0 radical (unpaired) electrons. The molecule has 1 unspecified atom stereocenters. The summed E-state index contributed by atoms with van der Waals surface area (Å²) in [6, 6.07) is 12.1. The summed E-state index contributed by atoms with van der Waals surface area (Å²) in [4.78, 5) is 45.6. The molecular weight excluding hydrogens is 604 g/mol. The summed E-state index contributed by atoms with van der Waals surface area (Å²) >= 11 is 0. The Morgan fingerprint density at radius 1 is 0.958 bits per heavy atom. The minimum atomic E-state index is -0.422. The molecule has 3 fully saturated rings. The van der Waals surface area contributed by atoms with E-state index in [2.05, 4.69) is 45.2 Å². The third-order valence-corrected chi connectivity index (χ3v) is 11.9. The molecule has 11 heteroatoms. The highest BCUT2D eigenvalue weighted by Crippen LogP contribution is 2.35. The quantitative estimate of drug-likeness (QED) is 0.327. The number of amides is 4. The fourth-order valence-corrected chi connectivity index (χ4v) is 8.95. The number of anilines is 1. The Hall–Kier alpha value is -3.83. The number of para-hydroxylation sites is 1. The number of hydrogen-bond acceptors (Lipinski definition) is 6. The van der Waals surface area contributed by atoms with Crippen molar-refractivity contribution in [2.75, 3.05) is 58.2 Å². The number of nitrogens with zero attached hydrogens (tertiary/aromatic N) is 5. The van der Waals surface area contributed by atoms with Crippen molar-refractivity contribution in [2.24, 2.45) is 17.8 Å². The Balaban J connectivity index is 1.02. The summed E-state index contributed by atoms with van der Waals surface area (Å²) in [5.41, 5.74) is 5.69. The van der Waals surface area contributed by atoms with Gasteiger partial charge in [0.2, 0.25) is 5.91 Å². The van der Waals surface area contributed by atoms with Crippen LogP contribution in [-0.2, 0) is 22.4 Å². The smallest absolute Gasteiger partial charge is 0.322 e. The number of carbonyl (C=O) groups is 3. The lowest BCUT2D eigenvalue weighted by Gasteiger charge is -2.43. The zero-order chi connectivity index (χ0) is 33.3. The molecule has 0 aliphatic carbocycles. The first-order valence-corrected chi connectivity index (χ1v) is 18.1. The van der Waals surface area contributed by atoms with Gasteiger partial charge in [-0.05, 0) is 99.2 Å². The molecule has 0 spiro atoms. The molecule has 7 rings (SSSR count). The van der Waals surface area contributed by atoms with Gasteiger partial charge >= 0.3 is 11.9 Å². The summed E-state index contributed by atoms with van der Waals surface area (Å²) in [6.07, 6.45) is 7.60. The Morgan fingerprint density at radius 2 is 1.69 bits per heavy atom. The van der Waals surface area contributed by atoms with Crippen LogP contribution in [0, 0.1) is 24.7 Å². The van der Waals surface area contributed by atoms with E-state index in [1.165, 1.54) is 12.8 Å². The maximum Gasteiger partial charge on any atom is 0.322 e. The van der Waals surface area contributed by atoms with Crippen LogP contribution in [0.15, 0.2) is 36.4 Å². The summed E-state index contributed by atoms with van der Waals surface area (Å²) in [5, 5.41) is 17.9. The van der Waals surface area contributed by atoms with Crippen molar-refractivity contribution < 1.29 is 18.9 Å². The minimum absolute atomic E-state index is 0.0370. The molecular formula is C37H51N8O3+. The lowest BCUT2D eigenvalue weighted by molar-refractivity contribution is -0.843. The lowest BCUT2D eigenvalue weighted by Crippen LogP contribution is -2.58. The van der Waals surface area contributed by atoms with Gasteiger partial charge in [-0.25, -0.2) is 9.59 Å². The van der Waals surface area contributed by atoms with E-state index in [1.54, 1.807) is 0 Å². The van der Waals surface area contributed by atoms with Gasteiger partial charge in [-0.3, -0.25) is 9.28 Å². The van der Waals surface area contributed by atoms with Crippen LogP contribution in [0.4, 0.5) is 10.5 Å². The van der Waals surface area contributed by atoms with Gasteiger partial charge in [-0.15, -0.1) is 0 Å². The van der Waals surface area contributed by atoms with Gasteiger partial charge in [0.25, 0.3) is 0 Å². The zero-order valence-electron chi connectivity index (χ0n) is 28.5. The van der Waals surface area contributed by atoms with Crippen LogP contribution in [0.2, 0.25) is 0 Å². The molecule has 0 bridgehead atoms. The van der Waals surface area contributed by atoms with E-state index in [4.69, 9.17) is 0 Å². The maximum atomic E-state index is 14.6. The second kappa shape index (κ2) is 14.0. The Bertz CT molecular complexity index is 1630. The summed E-state index contributed by atoms with van der Waals surface area (Å²) < 4.78 is 0.402. The van der Waals surface area contributed by atoms with E-state index >= 15 is 0 Å². The molecule has 256 valence electrons. The minimum Gasteiger partial charge on any atom is -0.343 e. The van der Waals surface area contributed by atoms with Crippen LogP contribution in [-0.4, -0.2) is 106 Å². The van der Waals surface area contributed by atoms with Crippen molar-refractivity contribution in [3.8, 4) is 0 Å². The number of quaternary nitrogens is 1. The van der Waals surface area contributed by atoms with Crippen LogP contribution in [0.3, 0.4) is 0 Å². The molecule has 4 aliphatic heterocycles. The largest absolute Gasteiger partial charge is 0.343 e. The van der Waals surface area contributed by atoms with Crippen LogP contribution in [0.5, 0.6) is 0 Å². The van der Waals surface area contributed by atoms with Gasteiger partial charge in [0, 0.05) is 50.6 Å². The van der Waals surface area contributed by atoms with Crippen molar-refractivity contribution in [2.45, 2.75) is 70.8 Å². The number of H-pyrrole nitrogens is 1. The summed E-state index contributed by atoms with van der Waals surface area (Å²) in [5.74, 6) is 1.23. The predicted molar refractivity (Wildman–Crippen MR) is 185 cm³/mol. The third kappa shape index (κ3) is 6.85. The normalized spacial score (nSPS) is 25.0. The highest BCUT2D eigenvalue weighted by molar-refractivity contribution is 5.91. The number of rotatable bonds is 7. The van der Waals surface area contributed by atoms with Crippen LogP contribution >= 0.6 is 0 Å². The predicted octanol–water partition coefficient (Wildman–Crippen LogP) is 4.28. The molecule has 3 aromatic rings. The first-order chi connectivity index (χ1) is 23.3. The number of urea groups is 1. The number of likely N-dealkylation sites (tertiary alicyclic amines) is 2. The van der Waals surface area contributed by atoms with Gasteiger partial charge in [-0.1, -0.05) is 24.3 Å². The molecule has 4 aliphatic rings. The van der Waals surface area contributed by atoms with Gasteiger partial charge in [0.05, 0.1) is 26.1 Å². The molecule has 11 nitrogen and oxygen atoms in total. The Kier molecular flexibility index (Phi) is 9.51. The first kappa shape index (κ1) is 32.7. The van der Waals surface area contributed by atoms with Crippen molar-refractivity contribution in [3.05, 3.63) is 53.1 Å². The Morgan fingerprint density at radius 3 is 2.46 bits per heavy atom. The monoisotopic (exact) mass is 655 g/mol. The van der Waals surface area contributed by atoms with E-state index < -0.39 is 5.92 Å². The zero-order valence-corrected chi connectivity index (χ0v) is 28.5. The van der Waals surface area contributed by atoms with E-state index in [0.717, 1.165) is 97.6 Å². The molecule has 3 saturated heterocycles. The highest BCUT2D eigenvalue weighted by Gasteiger charge is 2.44. The van der Waals surface area contributed by atoms with Gasteiger partial charge in [-0.2, -0.15) is 15.4 Å². The number of carbonyl (C=O) groups excluding carboxylic acids is 3. The first-order valence-electron chi connectivity index (χ1n) is 18.1. The summed E-state index contributed by atoms with van der Waals surface area (Å²) in [6.45, 7) is 7.75. The molecule has 1 atom stereocenters. The number of fused-ring (bicyclic) bond motifs is 2. The average Bonchev–Trinajstić information content (AvgIpc) is 3.52. The molecule has 1 aromatic heterocycles. The topological polar surface area (TPSA) is 123 Å². The second-order valence-electron chi connectivity index (χ2n) is 15.0. The van der Waals surface area contributed by atoms with Crippen molar-refractivity contribution in [1.29, 1.82) is 0 Å². The van der Waals surface area contributed by atoms with Gasteiger partial charge in [0.1, 0.15) is 11.0 Å². The highest BCUT2D eigenvalue weighted by atomic mass is 16.2. The number of piperidine rings is 3. The number of benzene rings is 2. The third-order valence-electron chi connectivity index (χ3n) is 11.9. The fraction of sp³-hybridized carbons (Fsp3) is 0.595.